The maximum absolute atomic E-state index is 13.9. The first kappa shape index (κ1) is 26.3. The van der Waals surface area contributed by atoms with E-state index in [9.17, 15) is 14.4 Å². The SMILES string of the molecule is Cc1ccc(NC(=O)N2CCC3(CC2)C(=O)N(CC(=O)NC(C)c2ccccc2)CN3c2ccccc2)cc1. The molecule has 0 aromatic heterocycles. The molecule has 5 rings (SSSR count). The van der Waals surface area contributed by atoms with Gasteiger partial charge in [0, 0.05) is 24.5 Å². The van der Waals surface area contributed by atoms with Gasteiger partial charge in [-0.2, -0.15) is 0 Å². The number of carbonyl (C=O) groups excluding carboxylic acids is 3. The van der Waals surface area contributed by atoms with Gasteiger partial charge in [0.15, 0.2) is 0 Å². The van der Waals surface area contributed by atoms with E-state index in [2.05, 4.69) is 15.5 Å². The van der Waals surface area contributed by atoms with E-state index in [4.69, 9.17) is 0 Å². The first-order valence-electron chi connectivity index (χ1n) is 13.4. The highest BCUT2D eigenvalue weighted by Gasteiger charge is 2.54. The monoisotopic (exact) mass is 525 g/mol. The maximum Gasteiger partial charge on any atom is 0.321 e. The van der Waals surface area contributed by atoms with Gasteiger partial charge in [0.1, 0.15) is 12.1 Å². The molecule has 8 heteroatoms. The van der Waals surface area contributed by atoms with Gasteiger partial charge in [0.25, 0.3) is 5.91 Å². The van der Waals surface area contributed by atoms with Crippen molar-refractivity contribution < 1.29 is 14.4 Å². The van der Waals surface area contributed by atoms with Crippen LogP contribution in [0.15, 0.2) is 84.9 Å². The van der Waals surface area contributed by atoms with E-state index in [1.807, 2.05) is 98.8 Å². The van der Waals surface area contributed by atoms with E-state index in [0.29, 0.717) is 32.6 Å². The summed E-state index contributed by atoms with van der Waals surface area (Å²) in [5, 5.41) is 5.99. The second-order valence-electron chi connectivity index (χ2n) is 10.4. The summed E-state index contributed by atoms with van der Waals surface area (Å²) in [6.45, 7) is 5.14. The van der Waals surface area contributed by atoms with Crippen LogP contribution in [0.5, 0.6) is 0 Å². The third-order valence-electron chi connectivity index (χ3n) is 7.77. The highest BCUT2D eigenvalue weighted by Crippen LogP contribution is 2.39. The number of likely N-dealkylation sites (tertiary alicyclic amines) is 1. The van der Waals surface area contributed by atoms with Gasteiger partial charge in [0.2, 0.25) is 5.91 Å². The van der Waals surface area contributed by atoms with Crippen LogP contribution >= 0.6 is 0 Å². The van der Waals surface area contributed by atoms with Crippen molar-refractivity contribution in [1.29, 1.82) is 0 Å². The van der Waals surface area contributed by atoms with Crippen molar-refractivity contribution >= 4 is 29.2 Å². The molecule has 0 bridgehead atoms. The molecule has 2 heterocycles. The topological polar surface area (TPSA) is 85.0 Å². The van der Waals surface area contributed by atoms with Crippen molar-refractivity contribution in [2.45, 2.75) is 38.3 Å². The number of aryl methyl sites for hydroxylation is 1. The van der Waals surface area contributed by atoms with Gasteiger partial charge >= 0.3 is 6.03 Å². The Morgan fingerprint density at radius 3 is 2.15 bits per heavy atom. The second-order valence-corrected chi connectivity index (χ2v) is 10.4. The van der Waals surface area contributed by atoms with E-state index in [-0.39, 0.29) is 30.4 Å². The Hall–Kier alpha value is -4.33. The van der Waals surface area contributed by atoms with E-state index in [1.54, 1.807) is 9.80 Å². The van der Waals surface area contributed by atoms with Crippen LogP contribution in [0.3, 0.4) is 0 Å². The van der Waals surface area contributed by atoms with E-state index < -0.39 is 5.54 Å². The van der Waals surface area contributed by atoms with E-state index >= 15 is 0 Å². The van der Waals surface area contributed by atoms with Gasteiger partial charge < -0.3 is 25.3 Å². The summed E-state index contributed by atoms with van der Waals surface area (Å²) in [5.41, 5.74) is 3.02. The third kappa shape index (κ3) is 5.60. The molecule has 2 saturated heterocycles. The third-order valence-corrected chi connectivity index (χ3v) is 7.77. The van der Waals surface area contributed by atoms with Gasteiger partial charge in [0.05, 0.1) is 12.7 Å². The van der Waals surface area contributed by atoms with E-state index in [0.717, 1.165) is 22.5 Å². The molecule has 3 aromatic carbocycles. The average Bonchev–Trinajstić information content (AvgIpc) is 3.21. The van der Waals surface area contributed by atoms with Crippen molar-refractivity contribution in [2.75, 3.05) is 36.5 Å². The molecule has 2 fully saturated rings. The van der Waals surface area contributed by atoms with Crippen LogP contribution < -0.4 is 15.5 Å². The lowest BCUT2D eigenvalue weighted by atomic mass is 9.85. The molecule has 0 radical (unpaired) electrons. The van der Waals surface area contributed by atoms with Crippen molar-refractivity contribution in [1.82, 2.24) is 15.1 Å². The first-order chi connectivity index (χ1) is 18.9. The number of piperidine rings is 1. The van der Waals surface area contributed by atoms with Gasteiger partial charge in [-0.3, -0.25) is 9.59 Å². The van der Waals surface area contributed by atoms with Crippen molar-refractivity contribution in [2.24, 2.45) is 0 Å². The van der Waals surface area contributed by atoms with Crippen LogP contribution in [0.25, 0.3) is 0 Å². The molecule has 0 aliphatic carbocycles. The van der Waals surface area contributed by atoms with E-state index in [1.165, 1.54) is 0 Å². The predicted octanol–water partition coefficient (Wildman–Crippen LogP) is 4.55. The normalized spacial score (nSPS) is 17.3. The molecule has 202 valence electrons. The number of hydrogen-bond donors (Lipinski definition) is 2. The fourth-order valence-electron chi connectivity index (χ4n) is 5.53. The summed E-state index contributed by atoms with van der Waals surface area (Å²) < 4.78 is 0. The van der Waals surface area contributed by atoms with Crippen LogP contribution in [-0.2, 0) is 9.59 Å². The van der Waals surface area contributed by atoms with Gasteiger partial charge in [-0.1, -0.05) is 66.2 Å². The minimum atomic E-state index is -0.798. The summed E-state index contributed by atoms with van der Waals surface area (Å²) >= 11 is 0. The molecule has 1 unspecified atom stereocenters. The molecule has 3 aromatic rings. The zero-order chi connectivity index (χ0) is 27.4. The number of hydrogen-bond acceptors (Lipinski definition) is 4. The number of nitrogens with zero attached hydrogens (tertiary/aromatic N) is 3. The Labute approximate surface area is 229 Å². The minimum absolute atomic E-state index is 0.0152. The summed E-state index contributed by atoms with van der Waals surface area (Å²) in [7, 11) is 0. The lowest BCUT2D eigenvalue weighted by molar-refractivity contribution is -0.137. The number of amides is 4. The summed E-state index contributed by atoms with van der Waals surface area (Å²) in [6.07, 6.45) is 0.973. The molecular weight excluding hydrogens is 490 g/mol. The number of urea groups is 1. The zero-order valence-corrected chi connectivity index (χ0v) is 22.5. The van der Waals surface area contributed by atoms with Gasteiger partial charge in [-0.25, -0.2) is 4.79 Å². The Bertz CT molecular complexity index is 1310. The Balaban J connectivity index is 1.28. The van der Waals surface area contributed by atoms with Crippen LogP contribution in [-0.4, -0.2) is 59.5 Å². The van der Waals surface area contributed by atoms with Crippen LogP contribution in [0.2, 0.25) is 0 Å². The zero-order valence-electron chi connectivity index (χ0n) is 22.5. The van der Waals surface area contributed by atoms with Gasteiger partial charge in [-0.15, -0.1) is 0 Å². The fraction of sp³-hybridized carbons (Fsp3) is 0.323. The number of para-hydroxylation sites is 1. The summed E-state index contributed by atoms with van der Waals surface area (Å²) in [4.78, 5) is 45.4. The molecule has 1 atom stereocenters. The first-order valence-corrected chi connectivity index (χ1v) is 13.4. The van der Waals surface area contributed by atoms with Crippen LogP contribution in [0, 0.1) is 6.92 Å². The molecule has 39 heavy (non-hydrogen) atoms. The molecular formula is C31H35N5O3. The molecule has 2 N–H and O–H groups in total. The van der Waals surface area contributed by atoms with Crippen LogP contribution in [0.1, 0.15) is 36.9 Å². The standard InChI is InChI=1S/C31H35N5O3/c1-23-13-15-26(16-14-23)33-30(39)34-19-17-31(18-20-34)29(38)35(22-36(31)27-11-7-4-8-12-27)21-28(37)32-24(2)25-9-5-3-6-10-25/h3-16,24H,17-22H2,1-2H3,(H,32,37)(H,33,39). The lowest BCUT2D eigenvalue weighted by Gasteiger charge is -2.43. The highest BCUT2D eigenvalue weighted by molar-refractivity contribution is 5.97. The molecule has 0 saturated carbocycles. The number of carbonyl (C=O) groups is 3. The number of anilines is 2. The quantitative estimate of drug-likeness (QED) is 0.495. The van der Waals surface area contributed by atoms with Gasteiger partial charge in [-0.05, 0) is 56.5 Å². The Morgan fingerprint density at radius 1 is 0.897 bits per heavy atom. The maximum atomic E-state index is 13.9. The van der Waals surface area contributed by atoms with Crippen LogP contribution in [0.4, 0.5) is 16.2 Å². The lowest BCUT2D eigenvalue weighted by Crippen LogP contribution is -2.58. The summed E-state index contributed by atoms with van der Waals surface area (Å²) in [6, 6.07) is 27.0. The average molecular weight is 526 g/mol. The second kappa shape index (κ2) is 11.2. The molecule has 2 aliphatic rings. The Kier molecular flexibility index (Phi) is 7.54. The summed E-state index contributed by atoms with van der Waals surface area (Å²) in [5.74, 6) is -0.257. The largest absolute Gasteiger partial charge is 0.348 e. The predicted molar refractivity (Wildman–Crippen MR) is 152 cm³/mol. The number of rotatable bonds is 6. The fourth-order valence-corrected chi connectivity index (χ4v) is 5.53. The smallest absolute Gasteiger partial charge is 0.321 e. The molecule has 8 nitrogen and oxygen atoms in total. The number of benzene rings is 3. The van der Waals surface area contributed by atoms with Crippen molar-refractivity contribution in [3.63, 3.8) is 0 Å². The Morgan fingerprint density at radius 2 is 1.51 bits per heavy atom. The minimum Gasteiger partial charge on any atom is -0.348 e. The molecule has 2 aliphatic heterocycles. The molecule has 4 amide bonds. The highest BCUT2D eigenvalue weighted by atomic mass is 16.2. The van der Waals surface area contributed by atoms with Crippen molar-refractivity contribution in [3.8, 4) is 0 Å². The number of nitrogens with one attached hydrogen (secondary N) is 2. The molecule has 1 spiro atoms. The van der Waals surface area contributed by atoms with Crippen molar-refractivity contribution in [3.05, 3.63) is 96.1 Å².